The van der Waals surface area contributed by atoms with Gasteiger partial charge in [0.2, 0.25) is 0 Å². The van der Waals surface area contributed by atoms with Crippen LogP contribution in [-0.4, -0.2) is 11.1 Å². The summed E-state index contributed by atoms with van der Waals surface area (Å²) in [5, 5.41) is 8.54. The third kappa shape index (κ3) is 10.3. The van der Waals surface area contributed by atoms with Crippen LogP contribution in [0.5, 0.6) is 0 Å². The van der Waals surface area contributed by atoms with E-state index in [-0.39, 0.29) is 6.40 Å². The van der Waals surface area contributed by atoms with Crippen LogP contribution in [0, 0.1) is 5.92 Å². The number of hydrogen-bond acceptors (Lipinski definition) is 1. The number of unbranched alkanes of at least 4 members (excludes halogenated alkanes) is 7. The summed E-state index contributed by atoms with van der Waals surface area (Å²) in [6, 6.07) is 0. The highest BCUT2D eigenvalue weighted by molar-refractivity contribution is 5.66. The van der Waals surface area contributed by atoms with Gasteiger partial charge in [-0.25, -0.2) is 0 Å². The fourth-order valence-electron chi connectivity index (χ4n) is 3.23. The highest BCUT2D eigenvalue weighted by Crippen LogP contribution is 2.27. The van der Waals surface area contributed by atoms with Gasteiger partial charge >= 0.3 is 5.97 Å². The van der Waals surface area contributed by atoms with Gasteiger partial charge in [0.25, 0.3) is 0 Å². The van der Waals surface area contributed by atoms with Gasteiger partial charge in [0.15, 0.2) is 0 Å². The van der Waals surface area contributed by atoms with Crippen molar-refractivity contribution in [2.45, 2.75) is 103 Å². The van der Waals surface area contributed by atoms with Crippen LogP contribution in [0.3, 0.4) is 0 Å². The Labute approximate surface area is 126 Å². The lowest BCUT2D eigenvalue weighted by atomic mass is 9.93. The van der Waals surface area contributed by atoms with Gasteiger partial charge in [-0.2, -0.15) is 0 Å². The fraction of sp³-hybridized carbons (Fsp3) is 0.944. The molecule has 0 aliphatic heterocycles. The minimum Gasteiger partial charge on any atom is -0.481 e. The fourth-order valence-corrected chi connectivity index (χ4v) is 3.23. The van der Waals surface area contributed by atoms with Gasteiger partial charge in [-0.1, -0.05) is 89.9 Å². The van der Waals surface area contributed by atoms with E-state index in [1.165, 1.54) is 64.2 Å². The largest absolute Gasteiger partial charge is 0.481 e. The average molecular weight is 283 g/mol. The molecule has 0 heterocycles. The molecular weight excluding hydrogens is 248 g/mol. The average Bonchev–Trinajstić information content (AvgIpc) is 2.65. The third-order valence-corrected chi connectivity index (χ3v) is 4.52. The van der Waals surface area contributed by atoms with Crippen molar-refractivity contribution in [3.8, 4) is 0 Å². The van der Waals surface area contributed by atoms with E-state index in [4.69, 9.17) is 6.48 Å². The van der Waals surface area contributed by atoms with Crippen molar-refractivity contribution < 1.29 is 11.3 Å². The molecule has 0 aromatic carbocycles. The van der Waals surface area contributed by atoms with Crippen LogP contribution < -0.4 is 0 Å². The summed E-state index contributed by atoms with van der Waals surface area (Å²) in [7, 11) is 0. The minimum absolute atomic E-state index is 0.211. The first-order valence-corrected chi connectivity index (χ1v) is 8.82. The van der Waals surface area contributed by atoms with E-state index in [0.29, 0.717) is 6.42 Å². The molecule has 2 atom stereocenters. The Hall–Kier alpha value is -0.530. The van der Waals surface area contributed by atoms with Crippen molar-refractivity contribution in [3.05, 3.63) is 0 Å². The van der Waals surface area contributed by atoms with Gasteiger partial charge in [0.05, 0.1) is 0 Å². The van der Waals surface area contributed by atoms with Crippen molar-refractivity contribution in [2.24, 2.45) is 5.92 Å². The topological polar surface area (TPSA) is 37.3 Å². The van der Waals surface area contributed by atoms with Crippen LogP contribution in [0.2, 0.25) is 0 Å². The first-order chi connectivity index (χ1) is 10.2. The molecule has 2 heteroatoms. The van der Waals surface area contributed by atoms with Crippen molar-refractivity contribution in [1.82, 2.24) is 0 Å². The number of aliphatic carboxylic acids is 1. The van der Waals surface area contributed by atoms with Crippen molar-refractivity contribution in [1.29, 1.82) is 0 Å². The summed E-state index contributed by atoms with van der Waals surface area (Å²) < 4.78 is 7.96. The molecule has 0 amide bonds. The Bertz CT molecular complexity index is 268. The molecule has 2 unspecified atom stereocenters. The van der Waals surface area contributed by atoms with Crippen molar-refractivity contribution >= 4 is 5.97 Å². The molecule has 1 rings (SSSR count). The zero-order valence-corrected chi connectivity index (χ0v) is 13.1. The summed E-state index contributed by atoms with van der Waals surface area (Å²) in [6.45, 7) is 0. The van der Waals surface area contributed by atoms with Crippen LogP contribution in [0.15, 0.2) is 0 Å². The van der Waals surface area contributed by atoms with E-state index < -0.39 is 5.97 Å². The molecule has 20 heavy (non-hydrogen) atoms. The molecule has 0 aromatic heterocycles. The molecule has 0 bridgehead atoms. The molecule has 0 aromatic rings. The Kier molecular flexibility index (Phi) is 9.69. The van der Waals surface area contributed by atoms with Gasteiger partial charge in [0.1, 0.15) is 0 Å². The summed E-state index contributed by atoms with van der Waals surface area (Å²) >= 11 is 0. The standard InChI is InChI=1S/C18H34O2/c19-18(20)16-12-6-4-2-1-3-5-9-13-17-14-10-7-8-11-15-17/h17H,1-16H2,(H,19,20)/i10D. The predicted octanol–water partition coefficient (Wildman–Crippen LogP) is 5.94. The quantitative estimate of drug-likeness (QED) is 0.376. The Morgan fingerprint density at radius 1 is 0.900 bits per heavy atom. The number of carboxylic acid groups (broad SMARTS) is 1. The lowest BCUT2D eigenvalue weighted by molar-refractivity contribution is -0.137. The zero-order valence-electron chi connectivity index (χ0n) is 14.1. The summed E-state index contributed by atoms with van der Waals surface area (Å²) in [5.74, 6) is 0.162. The zero-order chi connectivity index (χ0) is 15.3. The number of carbonyl (C=O) groups is 1. The number of rotatable bonds is 11. The van der Waals surface area contributed by atoms with Crippen LogP contribution >= 0.6 is 0 Å². The second-order valence-electron chi connectivity index (χ2n) is 6.44. The monoisotopic (exact) mass is 283 g/mol. The van der Waals surface area contributed by atoms with Crippen LogP contribution in [0.25, 0.3) is 0 Å². The molecule has 1 aliphatic carbocycles. The normalized spacial score (nSPS) is 24.1. The maximum atomic E-state index is 10.4. The van der Waals surface area contributed by atoms with Crippen LogP contribution in [-0.2, 0) is 4.79 Å². The molecule has 118 valence electrons. The lowest BCUT2D eigenvalue weighted by Gasteiger charge is -2.13. The maximum Gasteiger partial charge on any atom is 0.303 e. The molecular formula is C18H34O2. The highest BCUT2D eigenvalue weighted by Gasteiger charge is 2.11. The Balaban J connectivity index is 1.84. The molecule has 0 radical (unpaired) electrons. The molecule has 1 aliphatic rings. The molecule has 1 fully saturated rings. The van der Waals surface area contributed by atoms with Gasteiger partial charge in [-0.15, -0.1) is 0 Å². The first-order valence-electron chi connectivity index (χ1n) is 9.40. The van der Waals surface area contributed by atoms with Gasteiger partial charge < -0.3 is 5.11 Å². The van der Waals surface area contributed by atoms with E-state index in [1.54, 1.807) is 0 Å². The number of carboxylic acids is 1. The molecule has 1 N–H and O–H groups in total. The van der Waals surface area contributed by atoms with Crippen molar-refractivity contribution in [3.63, 3.8) is 0 Å². The molecule has 1 saturated carbocycles. The lowest BCUT2D eigenvalue weighted by Crippen LogP contribution is -1.98. The van der Waals surface area contributed by atoms with E-state index in [9.17, 15) is 4.79 Å². The molecule has 2 nitrogen and oxygen atoms in total. The Morgan fingerprint density at radius 2 is 1.55 bits per heavy atom. The predicted molar refractivity (Wildman–Crippen MR) is 85.0 cm³/mol. The van der Waals surface area contributed by atoms with Crippen molar-refractivity contribution in [2.75, 3.05) is 0 Å². The number of hydrogen-bond donors (Lipinski definition) is 1. The SMILES string of the molecule is [2H]C1CCCCC(CCCCCCCCCCC(=O)O)C1. The molecule has 0 saturated heterocycles. The second-order valence-corrected chi connectivity index (χ2v) is 6.44. The smallest absolute Gasteiger partial charge is 0.303 e. The summed E-state index contributed by atoms with van der Waals surface area (Å²) in [4.78, 5) is 10.4. The highest BCUT2D eigenvalue weighted by atomic mass is 16.4. The third-order valence-electron chi connectivity index (χ3n) is 4.52. The second kappa shape index (κ2) is 12.2. The van der Waals surface area contributed by atoms with Gasteiger partial charge in [0, 0.05) is 7.79 Å². The van der Waals surface area contributed by atoms with E-state index in [0.717, 1.165) is 31.6 Å². The van der Waals surface area contributed by atoms with Crippen LogP contribution in [0.4, 0.5) is 0 Å². The van der Waals surface area contributed by atoms with Gasteiger partial charge in [-0.3, -0.25) is 4.79 Å². The van der Waals surface area contributed by atoms with E-state index >= 15 is 0 Å². The Morgan fingerprint density at radius 3 is 2.25 bits per heavy atom. The summed E-state index contributed by atoms with van der Waals surface area (Å²) in [6.07, 6.45) is 17.8. The van der Waals surface area contributed by atoms with Crippen LogP contribution in [0.1, 0.15) is 104 Å². The first kappa shape index (κ1) is 15.9. The minimum atomic E-state index is -0.663. The summed E-state index contributed by atoms with van der Waals surface area (Å²) in [5.41, 5.74) is 0. The maximum absolute atomic E-state index is 10.4. The van der Waals surface area contributed by atoms with Gasteiger partial charge in [-0.05, 0) is 12.3 Å². The molecule has 0 spiro atoms. The van der Waals surface area contributed by atoms with E-state index in [1.807, 2.05) is 0 Å². The van der Waals surface area contributed by atoms with E-state index in [2.05, 4.69) is 0 Å².